The van der Waals surface area contributed by atoms with Crippen LogP contribution in [0.4, 0.5) is 21.5 Å². The van der Waals surface area contributed by atoms with E-state index in [4.69, 9.17) is 16.7 Å². The highest BCUT2D eigenvalue weighted by Gasteiger charge is 2.11. The van der Waals surface area contributed by atoms with E-state index < -0.39 is 11.7 Å². The number of amides is 1. The molecule has 0 aliphatic heterocycles. The summed E-state index contributed by atoms with van der Waals surface area (Å²) in [4.78, 5) is 12.0. The number of halogens is 1. The largest absolute Gasteiger partial charge is 0.399 e. The average molecular weight is 270 g/mol. The van der Waals surface area contributed by atoms with Gasteiger partial charge in [0.05, 0.1) is 11.1 Å². The molecule has 0 unspecified atom stereocenters. The summed E-state index contributed by atoms with van der Waals surface area (Å²) in [6.45, 7) is 0. The molecule has 2 aromatic carbocycles. The van der Waals surface area contributed by atoms with Crippen molar-refractivity contribution in [3.63, 3.8) is 0 Å². The Kier molecular flexibility index (Phi) is 3.53. The van der Waals surface area contributed by atoms with Crippen LogP contribution >= 0.6 is 0 Å². The molecular formula is C14H11FN4O. The summed E-state index contributed by atoms with van der Waals surface area (Å²) >= 11 is 0. The van der Waals surface area contributed by atoms with Gasteiger partial charge in [0.15, 0.2) is 0 Å². The first-order valence-electron chi connectivity index (χ1n) is 5.67. The molecule has 6 heteroatoms. The van der Waals surface area contributed by atoms with Crippen LogP contribution in [0.5, 0.6) is 0 Å². The number of rotatable bonds is 2. The summed E-state index contributed by atoms with van der Waals surface area (Å²) in [6, 6.07) is 9.94. The lowest BCUT2D eigenvalue weighted by molar-refractivity contribution is 0.102. The molecule has 0 aliphatic rings. The second kappa shape index (κ2) is 5.28. The maximum atomic E-state index is 13.2. The molecule has 0 fully saturated rings. The van der Waals surface area contributed by atoms with E-state index >= 15 is 0 Å². The molecule has 2 rings (SSSR count). The fourth-order valence-corrected chi connectivity index (χ4v) is 1.68. The number of nitrogen functional groups attached to an aromatic ring is 2. The molecular weight excluding hydrogens is 259 g/mol. The molecule has 100 valence electrons. The van der Waals surface area contributed by atoms with E-state index in [0.29, 0.717) is 11.4 Å². The molecule has 5 N–H and O–H groups in total. The lowest BCUT2D eigenvalue weighted by Gasteiger charge is -2.08. The van der Waals surface area contributed by atoms with Gasteiger partial charge in [0.25, 0.3) is 5.91 Å². The monoisotopic (exact) mass is 270 g/mol. The third kappa shape index (κ3) is 2.67. The molecule has 0 saturated carbocycles. The van der Waals surface area contributed by atoms with Crippen LogP contribution in [0.15, 0.2) is 36.4 Å². The summed E-state index contributed by atoms with van der Waals surface area (Å²) in [5, 5.41) is 11.3. The van der Waals surface area contributed by atoms with Gasteiger partial charge in [-0.15, -0.1) is 0 Å². The minimum atomic E-state index is -0.641. The van der Waals surface area contributed by atoms with Gasteiger partial charge in [0.2, 0.25) is 0 Å². The number of nitriles is 1. The normalized spacial score (nSPS) is 9.80. The first-order chi connectivity index (χ1) is 9.51. The molecule has 1 amide bonds. The van der Waals surface area contributed by atoms with Crippen molar-refractivity contribution in [2.24, 2.45) is 0 Å². The van der Waals surface area contributed by atoms with E-state index in [1.165, 1.54) is 24.3 Å². The molecule has 5 nitrogen and oxygen atoms in total. The molecule has 0 heterocycles. The van der Waals surface area contributed by atoms with Crippen LogP contribution in [0.1, 0.15) is 15.9 Å². The first kappa shape index (κ1) is 13.4. The Balaban J connectivity index is 2.26. The van der Waals surface area contributed by atoms with Crippen molar-refractivity contribution in [1.29, 1.82) is 5.26 Å². The zero-order valence-electron chi connectivity index (χ0n) is 10.4. The Morgan fingerprint density at radius 2 is 1.95 bits per heavy atom. The summed E-state index contributed by atoms with van der Waals surface area (Å²) in [6.07, 6.45) is 0. The standard InChI is InChI=1S/C14H11FN4O/c15-12-4-2-10(5-8(12)7-16)19-14(20)11-3-1-9(17)6-13(11)18/h1-6H,17-18H2,(H,19,20). The summed E-state index contributed by atoms with van der Waals surface area (Å²) in [5.74, 6) is -1.10. The Labute approximate surface area is 114 Å². The average Bonchev–Trinajstić information content (AvgIpc) is 2.40. The number of hydrogen-bond donors (Lipinski definition) is 3. The molecule has 0 spiro atoms. The lowest BCUT2D eigenvalue weighted by atomic mass is 10.1. The molecule has 0 bridgehead atoms. The van der Waals surface area contributed by atoms with Crippen molar-refractivity contribution >= 4 is 23.0 Å². The van der Waals surface area contributed by atoms with Crippen LogP contribution < -0.4 is 16.8 Å². The van der Waals surface area contributed by atoms with Crippen LogP contribution in [-0.4, -0.2) is 5.91 Å². The Morgan fingerprint density at radius 1 is 1.20 bits per heavy atom. The van der Waals surface area contributed by atoms with Crippen LogP contribution in [-0.2, 0) is 0 Å². The van der Waals surface area contributed by atoms with Gasteiger partial charge in [-0.1, -0.05) is 0 Å². The number of carbonyl (C=O) groups is 1. The van der Waals surface area contributed by atoms with E-state index in [-0.39, 0.29) is 16.8 Å². The third-order valence-electron chi connectivity index (χ3n) is 2.66. The Morgan fingerprint density at radius 3 is 2.60 bits per heavy atom. The van der Waals surface area contributed by atoms with Gasteiger partial charge < -0.3 is 16.8 Å². The fraction of sp³-hybridized carbons (Fsp3) is 0. The van der Waals surface area contributed by atoms with E-state index in [0.717, 1.165) is 6.07 Å². The topological polar surface area (TPSA) is 105 Å². The number of nitrogens with zero attached hydrogens (tertiary/aromatic N) is 1. The molecule has 20 heavy (non-hydrogen) atoms. The fourth-order valence-electron chi connectivity index (χ4n) is 1.68. The number of nitrogens with one attached hydrogen (secondary N) is 1. The molecule has 0 atom stereocenters. The Hall–Kier alpha value is -3.07. The van der Waals surface area contributed by atoms with Crippen LogP contribution in [0, 0.1) is 17.1 Å². The highest BCUT2D eigenvalue weighted by atomic mass is 19.1. The summed E-state index contributed by atoms with van der Waals surface area (Å²) in [7, 11) is 0. The second-order valence-corrected chi connectivity index (χ2v) is 4.11. The molecule has 0 aliphatic carbocycles. The zero-order valence-corrected chi connectivity index (χ0v) is 10.4. The highest BCUT2D eigenvalue weighted by molar-refractivity contribution is 6.08. The lowest BCUT2D eigenvalue weighted by Crippen LogP contribution is -2.14. The van der Waals surface area contributed by atoms with Gasteiger partial charge in [0.1, 0.15) is 11.9 Å². The van der Waals surface area contributed by atoms with Crippen LogP contribution in [0.25, 0.3) is 0 Å². The molecule has 0 saturated heterocycles. The van der Waals surface area contributed by atoms with E-state index in [1.807, 2.05) is 0 Å². The maximum absolute atomic E-state index is 13.2. The quantitative estimate of drug-likeness (QED) is 0.727. The second-order valence-electron chi connectivity index (χ2n) is 4.11. The first-order valence-corrected chi connectivity index (χ1v) is 5.67. The SMILES string of the molecule is N#Cc1cc(NC(=O)c2ccc(N)cc2N)ccc1F. The van der Waals surface area contributed by atoms with Crippen LogP contribution in [0.2, 0.25) is 0 Å². The minimum absolute atomic E-state index is 0.145. The molecule has 0 aromatic heterocycles. The number of carbonyl (C=O) groups excluding carboxylic acids is 1. The van der Waals surface area contributed by atoms with Crippen molar-refractivity contribution in [2.45, 2.75) is 0 Å². The van der Waals surface area contributed by atoms with E-state index in [2.05, 4.69) is 5.32 Å². The number of anilines is 3. The number of hydrogen-bond acceptors (Lipinski definition) is 4. The van der Waals surface area contributed by atoms with Gasteiger partial charge >= 0.3 is 0 Å². The van der Waals surface area contributed by atoms with Crippen molar-refractivity contribution in [1.82, 2.24) is 0 Å². The Bertz CT molecular complexity index is 722. The van der Waals surface area contributed by atoms with Gasteiger partial charge in [-0.25, -0.2) is 4.39 Å². The highest BCUT2D eigenvalue weighted by Crippen LogP contribution is 2.19. The van der Waals surface area contributed by atoms with Gasteiger partial charge in [0, 0.05) is 17.1 Å². The van der Waals surface area contributed by atoms with Gasteiger partial charge in [-0.3, -0.25) is 4.79 Å². The predicted octanol–water partition coefficient (Wildman–Crippen LogP) is 2.11. The van der Waals surface area contributed by atoms with E-state index in [9.17, 15) is 9.18 Å². The van der Waals surface area contributed by atoms with Crippen molar-refractivity contribution < 1.29 is 9.18 Å². The van der Waals surface area contributed by atoms with E-state index in [1.54, 1.807) is 12.1 Å². The van der Waals surface area contributed by atoms with Gasteiger partial charge in [-0.2, -0.15) is 5.26 Å². The number of benzene rings is 2. The maximum Gasteiger partial charge on any atom is 0.257 e. The van der Waals surface area contributed by atoms with Crippen LogP contribution in [0.3, 0.4) is 0 Å². The smallest absolute Gasteiger partial charge is 0.257 e. The molecule has 0 radical (unpaired) electrons. The minimum Gasteiger partial charge on any atom is -0.399 e. The predicted molar refractivity (Wildman–Crippen MR) is 74.3 cm³/mol. The molecule has 2 aromatic rings. The van der Waals surface area contributed by atoms with Crippen molar-refractivity contribution in [3.05, 3.63) is 53.3 Å². The zero-order chi connectivity index (χ0) is 14.7. The van der Waals surface area contributed by atoms with Crippen molar-refractivity contribution in [2.75, 3.05) is 16.8 Å². The summed E-state index contributed by atoms with van der Waals surface area (Å²) in [5.41, 5.74) is 12.4. The summed E-state index contributed by atoms with van der Waals surface area (Å²) < 4.78 is 13.2. The third-order valence-corrected chi connectivity index (χ3v) is 2.66. The van der Waals surface area contributed by atoms with Gasteiger partial charge in [-0.05, 0) is 36.4 Å². The number of nitrogens with two attached hydrogens (primary N) is 2. The van der Waals surface area contributed by atoms with Crippen molar-refractivity contribution in [3.8, 4) is 6.07 Å².